The fourth-order valence-corrected chi connectivity index (χ4v) is 2.63. The van der Waals surface area contributed by atoms with E-state index < -0.39 is 0 Å². The molecule has 1 aliphatic rings. The number of amides is 1. The molecular weight excluding hydrogens is 328 g/mol. The molecule has 1 fully saturated rings. The Balaban J connectivity index is 1.97. The van der Waals surface area contributed by atoms with Crippen molar-refractivity contribution < 1.29 is 9.53 Å². The zero-order valence-electron chi connectivity index (χ0n) is 16.3. The molecule has 144 valence electrons. The minimum atomic E-state index is -0.321. The van der Waals surface area contributed by atoms with Crippen LogP contribution >= 0.6 is 0 Å². The third kappa shape index (κ3) is 6.33. The number of nitrogens with one attached hydrogen (secondary N) is 3. The van der Waals surface area contributed by atoms with Gasteiger partial charge in [0.2, 0.25) is 0 Å². The highest BCUT2D eigenvalue weighted by molar-refractivity contribution is 5.94. The normalized spacial score (nSPS) is 18.7. The van der Waals surface area contributed by atoms with Crippen LogP contribution in [0.3, 0.4) is 0 Å². The molecular formula is C20H32N4O2. The lowest BCUT2D eigenvalue weighted by Crippen LogP contribution is -2.44. The van der Waals surface area contributed by atoms with E-state index in [0.29, 0.717) is 25.1 Å². The molecule has 2 rings (SSSR count). The standard InChI is InChI=1S/C20H32N4O2/c1-5-21-20(23-15(4)14(2)3)22-13-16-8-6-9-17(12-16)24-19(25)18-10-7-11-26-18/h6,8-9,12,14-15,18H,5,7,10-11,13H2,1-4H3,(H,24,25)(H2,21,22,23). The van der Waals surface area contributed by atoms with Gasteiger partial charge in [-0.05, 0) is 50.3 Å². The van der Waals surface area contributed by atoms with Gasteiger partial charge in [0.05, 0.1) is 6.54 Å². The summed E-state index contributed by atoms with van der Waals surface area (Å²) in [5, 5.41) is 9.64. The molecule has 6 heteroatoms. The zero-order valence-corrected chi connectivity index (χ0v) is 16.3. The molecule has 3 N–H and O–H groups in total. The molecule has 0 saturated carbocycles. The van der Waals surface area contributed by atoms with Crippen molar-refractivity contribution in [3.05, 3.63) is 29.8 Å². The number of anilines is 1. The maximum atomic E-state index is 12.2. The van der Waals surface area contributed by atoms with Crippen LogP contribution < -0.4 is 16.0 Å². The summed E-state index contributed by atoms with van der Waals surface area (Å²) in [6.45, 7) is 10.6. The molecule has 2 atom stereocenters. The van der Waals surface area contributed by atoms with Crippen LogP contribution in [-0.2, 0) is 16.1 Å². The van der Waals surface area contributed by atoms with Gasteiger partial charge in [-0.3, -0.25) is 4.79 Å². The zero-order chi connectivity index (χ0) is 18.9. The molecule has 6 nitrogen and oxygen atoms in total. The van der Waals surface area contributed by atoms with E-state index >= 15 is 0 Å². The van der Waals surface area contributed by atoms with Crippen molar-refractivity contribution >= 4 is 17.6 Å². The Hall–Kier alpha value is -2.08. The number of nitrogens with zero attached hydrogens (tertiary/aromatic N) is 1. The van der Waals surface area contributed by atoms with Gasteiger partial charge in [0.1, 0.15) is 6.10 Å². The van der Waals surface area contributed by atoms with Crippen molar-refractivity contribution in [1.82, 2.24) is 10.6 Å². The Kier molecular flexibility index (Phi) is 7.91. The summed E-state index contributed by atoms with van der Waals surface area (Å²) in [6.07, 6.45) is 1.42. The molecule has 0 bridgehead atoms. The van der Waals surface area contributed by atoms with Crippen LogP contribution in [0.5, 0.6) is 0 Å². The van der Waals surface area contributed by atoms with E-state index in [-0.39, 0.29) is 12.0 Å². The number of aliphatic imine (C=N–C) groups is 1. The molecule has 26 heavy (non-hydrogen) atoms. The molecule has 0 aliphatic carbocycles. The van der Waals surface area contributed by atoms with Crippen molar-refractivity contribution in [3.63, 3.8) is 0 Å². The lowest BCUT2D eigenvalue weighted by molar-refractivity contribution is -0.124. The maximum Gasteiger partial charge on any atom is 0.253 e. The average Bonchev–Trinajstić information content (AvgIpc) is 3.15. The van der Waals surface area contributed by atoms with Crippen LogP contribution in [0.4, 0.5) is 5.69 Å². The molecule has 1 amide bonds. The number of carbonyl (C=O) groups is 1. The van der Waals surface area contributed by atoms with E-state index in [1.54, 1.807) is 0 Å². The van der Waals surface area contributed by atoms with E-state index in [1.807, 2.05) is 24.3 Å². The summed E-state index contributed by atoms with van der Waals surface area (Å²) in [4.78, 5) is 16.8. The number of hydrogen-bond acceptors (Lipinski definition) is 3. The molecule has 0 spiro atoms. The first kappa shape index (κ1) is 20.2. The van der Waals surface area contributed by atoms with Gasteiger partial charge in [0.25, 0.3) is 5.91 Å². The Labute approximate surface area is 156 Å². The van der Waals surface area contributed by atoms with Gasteiger partial charge in [-0.1, -0.05) is 26.0 Å². The maximum absolute atomic E-state index is 12.2. The number of ether oxygens (including phenoxy) is 1. The highest BCUT2D eigenvalue weighted by Crippen LogP contribution is 2.16. The van der Waals surface area contributed by atoms with Crippen molar-refractivity contribution in [1.29, 1.82) is 0 Å². The number of rotatable bonds is 7. The Morgan fingerprint density at radius 3 is 2.81 bits per heavy atom. The van der Waals surface area contributed by atoms with Gasteiger partial charge in [-0.15, -0.1) is 0 Å². The number of carbonyl (C=O) groups excluding carboxylic acids is 1. The Bertz CT molecular complexity index is 610. The molecule has 1 saturated heterocycles. The van der Waals surface area contributed by atoms with Gasteiger partial charge in [-0.25, -0.2) is 4.99 Å². The molecule has 0 radical (unpaired) electrons. The van der Waals surface area contributed by atoms with Crippen LogP contribution in [-0.4, -0.2) is 37.2 Å². The van der Waals surface area contributed by atoms with Crippen LogP contribution in [0.2, 0.25) is 0 Å². The summed E-state index contributed by atoms with van der Waals surface area (Å²) < 4.78 is 5.43. The van der Waals surface area contributed by atoms with E-state index in [4.69, 9.17) is 4.74 Å². The van der Waals surface area contributed by atoms with Gasteiger partial charge in [0, 0.05) is 24.9 Å². The van der Waals surface area contributed by atoms with Gasteiger partial charge < -0.3 is 20.7 Å². The first-order chi connectivity index (χ1) is 12.5. The van der Waals surface area contributed by atoms with Crippen molar-refractivity contribution in [2.75, 3.05) is 18.5 Å². The van der Waals surface area contributed by atoms with E-state index in [1.165, 1.54) is 0 Å². The molecule has 1 aromatic carbocycles. The summed E-state index contributed by atoms with van der Waals surface area (Å²) in [7, 11) is 0. The van der Waals surface area contributed by atoms with Crippen LogP contribution in [0.1, 0.15) is 46.1 Å². The second-order valence-corrected chi connectivity index (χ2v) is 7.06. The molecule has 0 aromatic heterocycles. The minimum Gasteiger partial charge on any atom is -0.368 e. The van der Waals surface area contributed by atoms with E-state index in [0.717, 1.165) is 36.6 Å². The van der Waals surface area contributed by atoms with Crippen LogP contribution in [0.25, 0.3) is 0 Å². The van der Waals surface area contributed by atoms with Crippen molar-refractivity contribution in [3.8, 4) is 0 Å². The van der Waals surface area contributed by atoms with E-state index in [9.17, 15) is 4.79 Å². The third-order valence-electron chi connectivity index (χ3n) is 4.54. The smallest absolute Gasteiger partial charge is 0.253 e. The summed E-state index contributed by atoms with van der Waals surface area (Å²) >= 11 is 0. The number of hydrogen-bond donors (Lipinski definition) is 3. The third-order valence-corrected chi connectivity index (χ3v) is 4.54. The monoisotopic (exact) mass is 360 g/mol. The Morgan fingerprint density at radius 1 is 1.35 bits per heavy atom. The summed E-state index contributed by atoms with van der Waals surface area (Å²) in [5.41, 5.74) is 1.83. The average molecular weight is 361 g/mol. The van der Waals surface area contributed by atoms with Crippen molar-refractivity contribution in [2.24, 2.45) is 10.9 Å². The second kappa shape index (κ2) is 10.2. The fourth-order valence-electron chi connectivity index (χ4n) is 2.63. The predicted molar refractivity (Wildman–Crippen MR) is 106 cm³/mol. The second-order valence-electron chi connectivity index (χ2n) is 7.06. The highest BCUT2D eigenvalue weighted by atomic mass is 16.5. The SMILES string of the molecule is CCNC(=NCc1cccc(NC(=O)C2CCCO2)c1)NC(C)C(C)C. The predicted octanol–water partition coefficient (Wildman–Crippen LogP) is 2.90. The van der Waals surface area contributed by atoms with Gasteiger partial charge in [0.15, 0.2) is 5.96 Å². The molecule has 1 aromatic rings. The van der Waals surface area contributed by atoms with Gasteiger partial charge >= 0.3 is 0 Å². The summed E-state index contributed by atoms with van der Waals surface area (Å²) in [6, 6.07) is 8.15. The summed E-state index contributed by atoms with van der Waals surface area (Å²) in [5.74, 6) is 1.27. The first-order valence-corrected chi connectivity index (χ1v) is 9.55. The minimum absolute atomic E-state index is 0.0658. The lowest BCUT2D eigenvalue weighted by atomic mass is 10.1. The van der Waals surface area contributed by atoms with Crippen LogP contribution in [0, 0.1) is 5.92 Å². The lowest BCUT2D eigenvalue weighted by Gasteiger charge is -2.20. The molecule has 2 unspecified atom stereocenters. The molecule has 1 heterocycles. The Morgan fingerprint density at radius 2 is 2.15 bits per heavy atom. The van der Waals surface area contributed by atoms with Gasteiger partial charge in [-0.2, -0.15) is 0 Å². The van der Waals surface area contributed by atoms with Crippen LogP contribution in [0.15, 0.2) is 29.3 Å². The van der Waals surface area contributed by atoms with E-state index in [2.05, 4.69) is 48.6 Å². The number of guanidine groups is 1. The largest absolute Gasteiger partial charge is 0.368 e. The quantitative estimate of drug-likeness (QED) is 0.516. The molecule has 1 aliphatic heterocycles. The van der Waals surface area contributed by atoms with Crippen molar-refractivity contribution in [2.45, 2.75) is 59.2 Å². The fraction of sp³-hybridized carbons (Fsp3) is 0.600. The number of benzene rings is 1. The highest BCUT2D eigenvalue weighted by Gasteiger charge is 2.23. The topological polar surface area (TPSA) is 74.8 Å². The first-order valence-electron chi connectivity index (χ1n) is 9.55.